The van der Waals surface area contributed by atoms with Crippen LogP contribution < -0.4 is 35.0 Å². The van der Waals surface area contributed by atoms with Gasteiger partial charge < -0.3 is 39.4 Å². The highest BCUT2D eigenvalue weighted by atomic mass is 127. The summed E-state index contributed by atoms with van der Waals surface area (Å²) in [6, 6.07) is 13.4. The van der Waals surface area contributed by atoms with E-state index in [9.17, 15) is 19.1 Å². The predicted octanol–water partition coefficient (Wildman–Crippen LogP) is 4.54. The van der Waals surface area contributed by atoms with Gasteiger partial charge in [-0.2, -0.15) is 5.10 Å². The molecule has 1 aliphatic rings. The third kappa shape index (κ3) is 8.78. The van der Waals surface area contributed by atoms with Crippen molar-refractivity contribution in [3.05, 3.63) is 91.9 Å². The fourth-order valence-corrected chi connectivity index (χ4v) is 5.34. The van der Waals surface area contributed by atoms with Crippen LogP contribution >= 0.6 is 22.6 Å². The number of aliphatic hydroxyl groups is 1. The molecule has 0 aliphatic carbocycles. The molecule has 12 nitrogen and oxygen atoms in total. The third-order valence-corrected chi connectivity index (χ3v) is 7.43. The zero-order chi connectivity index (χ0) is 33.2. The van der Waals surface area contributed by atoms with Crippen molar-refractivity contribution >= 4 is 40.8 Å². The molecule has 0 saturated heterocycles. The molecule has 1 aliphatic heterocycles. The number of hydrogen-bond acceptors (Lipinski definition) is 10. The second-order valence-corrected chi connectivity index (χ2v) is 11.0. The number of aliphatic hydroxyl groups excluding tert-OH is 1. The standard InChI is InChI=1S/C32H34FIN4O8/c1-5-44-25-14-21(29-28(31(40)43-4)18(2)36-32(41)37-29)9-10-24(25)45-17-27(39)38-35-15-20-12-23(34)30(26(13-20)42-3)46-16-19-7-6-8-22(33)11-19/h6-15,27,29,38-39H,5,16-17H2,1-4H3,(H2,36,37,41)/b35-15-/t27-,29+/m1/s1. The van der Waals surface area contributed by atoms with Crippen molar-refractivity contribution in [2.45, 2.75) is 32.7 Å². The minimum atomic E-state index is -1.18. The molecule has 0 fully saturated rings. The summed E-state index contributed by atoms with van der Waals surface area (Å²) < 4.78 is 42.1. The van der Waals surface area contributed by atoms with Crippen molar-refractivity contribution in [2.75, 3.05) is 27.4 Å². The van der Waals surface area contributed by atoms with Crippen LogP contribution in [0.15, 0.2) is 71.0 Å². The van der Waals surface area contributed by atoms with E-state index in [1.807, 2.05) is 6.07 Å². The zero-order valence-electron chi connectivity index (χ0n) is 25.6. The van der Waals surface area contributed by atoms with Crippen molar-refractivity contribution in [3.8, 4) is 23.0 Å². The number of halogens is 2. The van der Waals surface area contributed by atoms with E-state index in [0.717, 1.165) is 3.57 Å². The van der Waals surface area contributed by atoms with Gasteiger partial charge >= 0.3 is 12.0 Å². The number of carbonyl (C=O) groups is 2. The number of esters is 1. The van der Waals surface area contributed by atoms with E-state index in [0.29, 0.717) is 52.0 Å². The van der Waals surface area contributed by atoms with Crippen molar-refractivity contribution in [1.82, 2.24) is 16.1 Å². The lowest BCUT2D eigenvalue weighted by molar-refractivity contribution is -0.136. The Morgan fingerprint density at radius 2 is 1.91 bits per heavy atom. The number of benzene rings is 3. The minimum Gasteiger partial charge on any atom is -0.493 e. The summed E-state index contributed by atoms with van der Waals surface area (Å²) in [5, 5.41) is 19.9. The maximum atomic E-state index is 13.5. The van der Waals surface area contributed by atoms with Crippen LogP contribution in [0, 0.1) is 9.39 Å². The average molecular weight is 749 g/mol. The molecule has 0 aromatic heterocycles. The number of rotatable bonds is 14. The van der Waals surface area contributed by atoms with Gasteiger partial charge in [0.2, 0.25) is 0 Å². The number of nitrogens with one attached hydrogen (secondary N) is 3. The van der Waals surface area contributed by atoms with E-state index in [2.05, 4.69) is 43.8 Å². The second kappa shape index (κ2) is 16.1. The van der Waals surface area contributed by atoms with E-state index in [-0.39, 0.29) is 24.6 Å². The number of methoxy groups -OCH3 is 2. The Hall–Kier alpha value is -4.57. The van der Waals surface area contributed by atoms with E-state index in [4.69, 9.17) is 23.7 Å². The largest absolute Gasteiger partial charge is 0.493 e. The molecule has 3 aromatic carbocycles. The van der Waals surface area contributed by atoms with Crippen LogP contribution in [0.5, 0.6) is 23.0 Å². The van der Waals surface area contributed by atoms with Gasteiger partial charge in [-0.25, -0.2) is 14.0 Å². The number of allylic oxidation sites excluding steroid dienone is 1. The van der Waals surface area contributed by atoms with Crippen molar-refractivity contribution in [3.63, 3.8) is 0 Å². The number of nitrogens with zero attached hydrogens (tertiary/aromatic N) is 1. The topological polar surface area (TPSA) is 149 Å². The molecule has 46 heavy (non-hydrogen) atoms. The molecule has 3 aromatic rings. The molecule has 1 heterocycles. The number of hydrazone groups is 1. The van der Waals surface area contributed by atoms with Crippen LogP contribution in [0.25, 0.3) is 0 Å². The molecule has 0 spiro atoms. The Balaban J connectivity index is 1.39. The maximum Gasteiger partial charge on any atom is 0.337 e. The normalized spacial score (nSPS) is 15.1. The molecule has 4 N–H and O–H groups in total. The van der Waals surface area contributed by atoms with Crippen LogP contribution in [-0.2, 0) is 16.1 Å². The molecule has 0 unspecified atom stereocenters. The third-order valence-electron chi connectivity index (χ3n) is 6.63. The summed E-state index contributed by atoms with van der Waals surface area (Å²) in [5.74, 6) is 0.748. The Kier molecular flexibility index (Phi) is 12.0. The summed E-state index contributed by atoms with van der Waals surface area (Å²) in [7, 11) is 2.78. The lowest BCUT2D eigenvalue weighted by atomic mass is 9.95. The van der Waals surface area contributed by atoms with Crippen LogP contribution in [0.4, 0.5) is 9.18 Å². The summed E-state index contributed by atoms with van der Waals surface area (Å²) in [6.45, 7) is 3.73. The van der Waals surface area contributed by atoms with Crippen molar-refractivity contribution in [2.24, 2.45) is 5.10 Å². The Labute approximate surface area is 279 Å². The maximum absolute atomic E-state index is 13.5. The Bertz CT molecular complexity index is 1630. The molecule has 0 bridgehead atoms. The van der Waals surface area contributed by atoms with Gasteiger partial charge in [0, 0.05) is 5.70 Å². The molecule has 2 amide bonds. The minimum absolute atomic E-state index is 0.166. The highest BCUT2D eigenvalue weighted by Gasteiger charge is 2.32. The van der Waals surface area contributed by atoms with Gasteiger partial charge in [-0.1, -0.05) is 18.2 Å². The first kappa shape index (κ1) is 34.3. The first-order chi connectivity index (χ1) is 22.1. The van der Waals surface area contributed by atoms with Crippen LogP contribution in [0.1, 0.15) is 36.6 Å². The van der Waals surface area contributed by atoms with Gasteiger partial charge in [0.05, 0.1) is 42.2 Å². The van der Waals surface area contributed by atoms with E-state index < -0.39 is 24.3 Å². The lowest BCUT2D eigenvalue weighted by Crippen LogP contribution is -2.45. The van der Waals surface area contributed by atoms with Gasteiger partial charge in [0.1, 0.15) is 19.0 Å². The molecular weight excluding hydrogens is 714 g/mol. The zero-order valence-corrected chi connectivity index (χ0v) is 27.7. The molecule has 14 heteroatoms. The first-order valence-electron chi connectivity index (χ1n) is 14.1. The Morgan fingerprint density at radius 1 is 1.11 bits per heavy atom. The smallest absolute Gasteiger partial charge is 0.337 e. The van der Waals surface area contributed by atoms with Gasteiger partial charge in [0.15, 0.2) is 29.2 Å². The number of amides is 2. The fraction of sp³-hybridized carbons (Fsp3) is 0.281. The molecular formula is C32H34FIN4O8. The average Bonchev–Trinajstić information content (AvgIpc) is 3.03. The second-order valence-electron chi connectivity index (χ2n) is 9.87. The summed E-state index contributed by atoms with van der Waals surface area (Å²) >= 11 is 2.11. The molecule has 0 radical (unpaired) electrons. The highest BCUT2D eigenvalue weighted by molar-refractivity contribution is 14.1. The fourth-order valence-electron chi connectivity index (χ4n) is 4.56. The summed E-state index contributed by atoms with van der Waals surface area (Å²) in [4.78, 5) is 24.6. The van der Waals surface area contributed by atoms with Crippen molar-refractivity contribution < 1.29 is 42.8 Å². The molecule has 4 rings (SSSR count). The number of hydrogen-bond donors (Lipinski definition) is 4. The van der Waals surface area contributed by atoms with E-state index >= 15 is 0 Å². The van der Waals surface area contributed by atoms with Crippen LogP contribution in [-0.4, -0.2) is 57.0 Å². The summed E-state index contributed by atoms with van der Waals surface area (Å²) in [5.41, 5.74) is 5.18. The van der Waals surface area contributed by atoms with Crippen molar-refractivity contribution in [1.29, 1.82) is 0 Å². The van der Waals surface area contributed by atoms with Gasteiger partial charge in [0.25, 0.3) is 0 Å². The van der Waals surface area contributed by atoms with Gasteiger partial charge in [-0.05, 0) is 89.5 Å². The van der Waals surface area contributed by atoms with Gasteiger partial charge in [-0.3, -0.25) is 5.43 Å². The predicted molar refractivity (Wildman–Crippen MR) is 175 cm³/mol. The molecule has 2 atom stereocenters. The van der Waals surface area contributed by atoms with E-state index in [1.54, 1.807) is 50.2 Å². The number of ether oxygens (including phenoxy) is 5. The molecule has 244 valence electrons. The number of carbonyl (C=O) groups excluding carboxylic acids is 2. The Morgan fingerprint density at radius 3 is 2.63 bits per heavy atom. The van der Waals surface area contributed by atoms with Crippen LogP contribution in [0.3, 0.4) is 0 Å². The first-order valence-corrected chi connectivity index (χ1v) is 15.2. The SMILES string of the molecule is CCOc1cc([C@@H]2NC(=O)NC(C)=C2C(=O)OC)ccc1OC[C@@H](O)N/N=C\c1cc(I)c(OCc2cccc(F)c2)c(OC)c1. The van der Waals surface area contributed by atoms with Crippen LogP contribution in [0.2, 0.25) is 0 Å². The molecule has 0 saturated carbocycles. The summed E-state index contributed by atoms with van der Waals surface area (Å²) in [6.07, 6.45) is 0.326. The van der Waals surface area contributed by atoms with Gasteiger partial charge in [-0.15, -0.1) is 0 Å². The number of urea groups is 1. The lowest BCUT2D eigenvalue weighted by Gasteiger charge is -2.28. The quantitative estimate of drug-likeness (QED) is 0.0614. The van der Waals surface area contributed by atoms with E-state index in [1.165, 1.54) is 32.6 Å². The monoisotopic (exact) mass is 748 g/mol. The highest BCUT2D eigenvalue weighted by Crippen LogP contribution is 2.36.